The fraction of sp³-hybridized carbons (Fsp3) is 1.00. The van der Waals surface area contributed by atoms with Gasteiger partial charge in [0.05, 0.1) is 13.2 Å². The third kappa shape index (κ3) is 3.20. The van der Waals surface area contributed by atoms with E-state index in [1.54, 1.807) is 0 Å². The van der Waals surface area contributed by atoms with Crippen LogP contribution >= 0.6 is 0 Å². The van der Waals surface area contributed by atoms with Gasteiger partial charge in [0.25, 0.3) is 0 Å². The minimum atomic E-state index is 0.492. The fourth-order valence-electron chi connectivity index (χ4n) is 1.96. The van der Waals surface area contributed by atoms with Crippen LogP contribution in [0.4, 0.5) is 0 Å². The van der Waals surface area contributed by atoms with Crippen LogP contribution in [-0.4, -0.2) is 51.6 Å². The van der Waals surface area contributed by atoms with E-state index in [0.717, 1.165) is 52.4 Å². The zero-order valence-corrected chi connectivity index (χ0v) is 8.63. The summed E-state index contributed by atoms with van der Waals surface area (Å²) in [5.74, 6) is 0. The Morgan fingerprint density at radius 2 is 2.00 bits per heavy atom. The zero-order chi connectivity index (χ0) is 9.64. The largest absolute Gasteiger partial charge is 0.381 e. The Hall–Kier alpha value is -0.160. The number of ether oxygens (including phenoxy) is 2. The lowest BCUT2D eigenvalue weighted by Gasteiger charge is -2.28. The minimum Gasteiger partial charge on any atom is -0.381 e. The van der Waals surface area contributed by atoms with Crippen LogP contribution in [0, 0.1) is 0 Å². The molecule has 2 fully saturated rings. The van der Waals surface area contributed by atoms with Crippen LogP contribution in [-0.2, 0) is 9.47 Å². The van der Waals surface area contributed by atoms with Crippen LogP contribution in [0.2, 0.25) is 0 Å². The second kappa shape index (κ2) is 5.66. The Morgan fingerprint density at radius 3 is 2.71 bits per heavy atom. The summed E-state index contributed by atoms with van der Waals surface area (Å²) in [6.45, 7) is 5.52. The van der Waals surface area contributed by atoms with Gasteiger partial charge in [0.2, 0.25) is 0 Å². The highest BCUT2D eigenvalue weighted by atomic mass is 16.5. The van der Waals surface area contributed by atoms with Gasteiger partial charge in [0.15, 0.2) is 0 Å². The van der Waals surface area contributed by atoms with Crippen molar-refractivity contribution in [1.29, 1.82) is 0 Å². The topological polar surface area (TPSA) is 42.5 Å². The molecular formula is C10H20N2O2. The van der Waals surface area contributed by atoms with Gasteiger partial charge in [-0.1, -0.05) is 0 Å². The monoisotopic (exact) mass is 200 g/mol. The van der Waals surface area contributed by atoms with Crippen LogP contribution in [0.25, 0.3) is 0 Å². The molecule has 82 valence electrons. The fourth-order valence-corrected chi connectivity index (χ4v) is 1.96. The van der Waals surface area contributed by atoms with Crippen LogP contribution in [0.1, 0.15) is 12.8 Å². The highest BCUT2D eigenvalue weighted by Crippen LogP contribution is 2.06. The molecule has 0 bridgehead atoms. The molecule has 2 aliphatic heterocycles. The lowest BCUT2D eigenvalue weighted by atomic mass is 10.1. The SMILES string of the molecule is C1COCC(CNC2CCOCC2)N1. The average molecular weight is 200 g/mol. The summed E-state index contributed by atoms with van der Waals surface area (Å²) in [6.07, 6.45) is 2.29. The number of hydrogen-bond donors (Lipinski definition) is 2. The molecule has 0 radical (unpaired) electrons. The number of morpholine rings is 1. The van der Waals surface area contributed by atoms with Gasteiger partial charge in [0, 0.05) is 38.4 Å². The van der Waals surface area contributed by atoms with Crippen molar-refractivity contribution in [2.24, 2.45) is 0 Å². The maximum atomic E-state index is 5.39. The summed E-state index contributed by atoms with van der Waals surface area (Å²) in [5, 5.41) is 7.01. The van der Waals surface area contributed by atoms with Gasteiger partial charge < -0.3 is 20.1 Å². The molecule has 2 heterocycles. The van der Waals surface area contributed by atoms with Crippen molar-refractivity contribution in [3.05, 3.63) is 0 Å². The van der Waals surface area contributed by atoms with Crippen molar-refractivity contribution in [2.45, 2.75) is 24.9 Å². The normalized spacial score (nSPS) is 30.4. The average Bonchev–Trinajstić information content (AvgIpc) is 2.29. The van der Waals surface area contributed by atoms with Crippen LogP contribution < -0.4 is 10.6 Å². The van der Waals surface area contributed by atoms with Crippen LogP contribution in [0.3, 0.4) is 0 Å². The predicted molar refractivity (Wildman–Crippen MR) is 54.5 cm³/mol. The highest BCUT2D eigenvalue weighted by Gasteiger charge is 2.17. The molecule has 0 aromatic rings. The van der Waals surface area contributed by atoms with Crippen molar-refractivity contribution in [3.63, 3.8) is 0 Å². The second-order valence-corrected chi connectivity index (χ2v) is 4.02. The molecule has 0 aliphatic carbocycles. The quantitative estimate of drug-likeness (QED) is 0.659. The number of nitrogens with one attached hydrogen (secondary N) is 2. The molecule has 14 heavy (non-hydrogen) atoms. The third-order valence-corrected chi connectivity index (χ3v) is 2.87. The van der Waals surface area contributed by atoms with Crippen molar-refractivity contribution < 1.29 is 9.47 Å². The molecule has 0 aromatic carbocycles. The smallest absolute Gasteiger partial charge is 0.0632 e. The zero-order valence-electron chi connectivity index (χ0n) is 8.63. The van der Waals surface area contributed by atoms with E-state index in [2.05, 4.69) is 10.6 Å². The first-order valence-electron chi connectivity index (χ1n) is 5.57. The summed E-state index contributed by atoms with van der Waals surface area (Å²) >= 11 is 0. The molecular weight excluding hydrogens is 180 g/mol. The Balaban J connectivity index is 1.60. The van der Waals surface area contributed by atoms with E-state index in [9.17, 15) is 0 Å². The molecule has 2 N–H and O–H groups in total. The van der Waals surface area contributed by atoms with E-state index in [1.807, 2.05) is 0 Å². The standard InChI is InChI=1S/C10H20N2O2/c1-4-13-5-2-9(1)12-7-10-8-14-6-3-11-10/h9-12H,1-8H2. The molecule has 1 unspecified atom stereocenters. The molecule has 1 atom stereocenters. The van der Waals surface area contributed by atoms with Gasteiger partial charge in [-0.3, -0.25) is 0 Å². The first-order chi connectivity index (χ1) is 6.95. The van der Waals surface area contributed by atoms with Crippen LogP contribution in [0.15, 0.2) is 0 Å². The number of hydrogen-bond acceptors (Lipinski definition) is 4. The Bertz CT molecular complexity index is 136. The van der Waals surface area contributed by atoms with E-state index in [1.165, 1.54) is 0 Å². The summed E-state index contributed by atoms with van der Waals surface area (Å²) in [5.41, 5.74) is 0. The van der Waals surface area contributed by atoms with Crippen LogP contribution in [0.5, 0.6) is 0 Å². The summed E-state index contributed by atoms with van der Waals surface area (Å²) in [7, 11) is 0. The molecule has 0 amide bonds. The molecule has 4 heteroatoms. The van der Waals surface area contributed by atoms with Gasteiger partial charge in [-0.15, -0.1) is 0 Å². The van der Waals surface area contributed by atoms with Gasteiger partial charge in [-0.2, -0.15) is 0 Å². The van der Waals surface area contributed by atoms with Gasteiger partial charge in [-0.25, -0.2) is 0 Å². The van der Waals surface area contributed by atoms with Crippen molar-refractivity contribution >= 4 is 0 Å². The van der Waals surface area contributed by atoms with E-state index >= 15 is 0 Å². The Morgan fingerprint density at radius 1 is 1.14 bits per heavy atom. The Labute approximate surface area is 85.3 Å². The molecule has 2 saturated heterocycles. The van der Waals surface area contributed by atoms with E-state index in [0.29, 0.717) is 12.1 Å². The van der Waals surface area contributed by atoms with Gasteiger partial charge >= 0.3 is 0 Å². The first kappa shape index (κ1) is 10.4. The minimum absolute atomic E-state index is 0.492. The molecule has 0 saturated carbocycles. The molecule has 4 nitrogen and oxygen atoms in total. The summed E-state index contributed by atoms with van der Waals surface area (Å²) in [4.78, 5) is 0. The van der Waals surface area contributed by atoms with Crippen molar-refractivity contribution in [2.75, 3.05) is 39.5 Å². The van der Waals surface area contributed by atoms with Crippen molar-refractivity contribution in [3.8, 4) is 0 Å². The lowest BCUT2D eigenvalue weighted by Crippen LogP contribution is -2.49. The van der Waals surface area contributed by atoms with Gasteiger partial charge in [-0.05, 0) is 12.8 Å². The van der Waals surface area contributed by atoms with Crippen molar-refractivity contribution in [1.82, 2.24) is 10.6 Å². The predicted octanol–water partition coefficient (Wildman–Crippen LogP) is -0.257. The third-order valence-electron chi connectivity index (χ3n) is 2.87. The molecule has 0 spiro atoms. The van der Waals surface area contributed by atoms with E-state index in [-0.39, 0.29) is 0 Å². The lowest BCUT2D eigenvalue weighted by molar-refractivity contribution is 0.0630. The summed E-state index contributed by atoms with van der Waals surface area (Å²) in [6, 6.07) is 1.14. The maximum absolute atomic E-state index is 5.39. The maximum Gasteiger partial charge on any atom is 0.0632 e. The van der Waals surface area contributed by atoms with E-state index in [4.69, 9.17) is 9.47 Å². The second-order valence-electron chi connectivity index (χ2n) is 4.02. The first-order valence-corrected chi connectivity index (χ1v) is 5.57. The van der Waals surface area contributed by atoms with Gasteiger partial charge in [0.1, 0.15) is 0 Å². The highest BCUT2D eigenvalue weighted by molar-refractivity contribution is 4.77. The molecule has 0 aromatic heterocycles. The molecule has 2 rings (SSSR count). The molecule has 2 aliphatic rings. The van der Waals surface area contributed by atoms with E-state index < -0.39 is 0 Å². The number of rotatable bonds is 3. The Kier molecular flexibility index (Phi) is 4.19. The summed E-state index contributed by atoms with van der Waals surface area (Å²) < 4.78 is 10.7.